The largest absolute Gasteiger partial charge is 0.228 e. The third kappa shape index (κ3) is 2.62. The molecule has 0 saturated heterocycles. The molecule has 1 unspecified atom stereocenters. The molecule has 0 nitrogen and oxygen atoms in total. The molecule has 2 aromatic carbocycles. The van der Waals surface area contributed by atoms with Gasteiger partial charge in [0.05, 0.1) is 0 Å². The topological polar surface area (TPSA) is 0 Å². The highest BCUT2D eigenvalue weighted by Gasteiger charge is 2.43. The molecule has 0 heterocycles. The summed E-state index contributed by atoms with van der Waals surface area (Å²) in [4.78, 5) is 0. The molecule has 2 aromatic rings. The van der Waals surface area contributed by atoms with Crippen LogP contribution in [0.25, 0.3) is 0 Å². The minimum atomic E-state index is -2.40. The first-order valence-corrected chi connectivity index (χ1v) is 11.2. The molecule has 0 saturated carbocycles. The fourth-order valence-corrected chi connectivity index (χ4v) is 8.54. The van der Waals surface area contributed by atoms with Crippen molar-refractivity contribution < 1.29 is 0 Å². The molecule has 1 aliphatic rings. The van der Waals surface area contributed by atoms with Gasteiger partial charge in [-0.2, -0.15) is 11.1 Å². The Morgan fingerprint density at radius 2 is 1.43 bits per heavy atom. The molecule has 0 aliphatic heterocycles. The van der Waals surface area contributed by atoms with E-state index in [2.05, 4.69) is 88.4 Å². The SMILES string of the molecule is Cc1cc([Si](Cl)(c2ccccc2)C2C=CC=C2)c(C)c(C)c1C. The molecule has 0 spiro atoms. The van der Waals surface area contributed by atoms with Crippen LogP contribution in [-0.4, -0.2) is 7.38 Å². The fourth-order valence-electron chi connectivity index (χ4n) is 3.50. The first-order chi connectivity index (χ1) is 11.0. The number of halogens is 1. The van der Waals surface area contributed by atoms with Crippen LogP contribution in [0.1, 0.15) is 22.3 Å². The van der Waals surface area contributed by atoms with Gasteiger partial charge in [-0.15, -0.1) is 0 Å². The monoisotopic (exact) mass is 338 g/mol. The van der Waals surface area contributed by atoms with Gasteiger partial charge in [-0.3, -0.25) is 0 Å². The van der Waals surface area contributed by atoms with Gasteiger partial charge in [0.25, 0.3) is 0 Å². The van der Waals surface area contributed by atoms with Gasteiger partial charge in [-0.05, 0) is 60.3 Å². The Kier molecular flexibility index (Phi) is 4.35. The van der Waals surface area contributed by atoms with E-state index in [0.29, 0.717) is 5.54 Å². The highest BCUT2D eigenvalue weighted by molar-refractivity contribution is 7.35. The Morgan fingerprint density at radius 3 is 2.04 bits per heavy atom. The van der Waals surface area contributed by atoms with E-state index in [1.54, 1.807) is 0 Å². The zero-order chi connectivity index (χ0) is 16.6. The molecule has 3 rings (SSSR count). The number of aryl methyl sites for hydroxylation is 1. The van der Waals surface area contributed by atoms with Gasteiger partial charge < -0.3 is 0 Å². The van der Waals surface area contributed by atoms with Gasteiger partial charge in [0, 0.05) is 5.54 Å². The van der Waals surface area contributed by atoms with Crippen molar-refractivity contribution in [1.82, 2.24) is 0 Å². The van der Waals surface area contributed by atoms with Crippen LogP contribution >= 0.6 is 11.1 Å². The van der Waals surface area contributed by atoms with Crippen LogP contribution in [0.5, 0.6) is 0 Å². The van der Waals surface area contributed by atoms with Crippen molar-refractivity contribution in [3.63, 3.8) is 0 Å². The van der Waals surface area contributed by atoms with Crippen molar-refractivity contribution >= 4 is 28.8 Å². The zero-order valence-electron chi connectivity index (χ0n) is 14.2. The van der Waals surface area contributed by atoms with Gasteiger partial charge in [0.2, 0.25) is 7.38 Å². The lowest BCUT2D eigenvalue weighted by Gasteiger charge is -2.32. The molecule has 0 fully saturated rings. The Labute approximate surface area is 145 Å². The van der Waals surface area contributed by atoms with Crippen molar-refractivity contribution in [2.75, 3.05) is 0 Å². The summed E-state index contributed by atoms with van der Waals surface area (Å²) in [5.74, 6) is 0. The number of hydrogen-bond donors (Lipinski definition) is 0. The summed E-state index contributed by atoms with van der Waals surface area (Å²) in [6.45, 7) is 8.85. The van der Waals surface area contributed by atoms with E-state index < -0.39 is 7.38 Å². The summed E-state index contributed by atoms with van der Waals surface area (Å²) in [6.07, 6.45) is 8.77. The highest BCUT2D eigenvalue weighted by atomic mass is 35.6. The van der Waals surface area contributed by atoms with E-state index in [0.717, 1.165) is 0 Å². The zero-order valence-corrected chi connectivity index (χ0v) is 16.0. The number of hydrogen-bond acceptors (Lipinski definition) is 0. The molecule has 1 aliphatic carbocycles. The van der Waals surface area contributed by atoms with Crippen molar-refractivity contribution in [3.8, 4) is 0 Å². The molecule has 0 bridgehead atoms. The van der Waals surface area contributed by atoms with Crippen molar-refractivity contribution in [3.05, 3.63) is 83.0 Å². The van der Waals surface area contributed by atoms with Gasteiger partial charge >= 0.3 is 0 Å². The summed E-state index contributed by atoms with van der Waals surface area (Å²) < 4.78 is 0. The lowest BCUT2D eigenvalue weighted by atomic mass is 10.00. The van der Waals surface area contributed by atoms with E-state index in [-0.39, 0.29) is 0 Å². The standard InChI is InChI=1S/C21H23ClSi/c1-15-14-21(18(4)17(3)16(15)2)23(22,20-12-8-9-13-20)19-10-6-5-7-11-19/h5-14,20H,1-4H3. The molecule has 0 radical (unpaired) electrons. The van der Waals surface area contributed by atoms with E-state index in [1.165, 1.54) is 32.6 Å². The van der Waals surface area contributed by atoms with Crippen molar-refractivity contribution in [2.45, 2.75) is 33.2 Å². The Morgan fingerprint density at radius 1 is 0.826 bits per heavy atom. The number of rotatable bonds is 3. The molecule has 1 atom stereocenters. The second-order valence-corrected chi connectivity index (χ2v) is 11.5. The van der Waals surface area contributed by atoms with Crippen molar-refractivity contribution in [2.24, 2.45) is 0 Å². The molecule has 2 heteroatoms. The quantitative estimate of drug-likeness (QED) is 0.561. The Bertz CT molecular complexity index is 777. The third-order valence-electron chi connectivity index (χ3n) is 5.27. The van der Waals surface area contributed by atoms with E-state index in [9.17, 15) is 0 Å². The first-order valence-electron chi connectivity index (χ1n) is 8.13. The second-order valence-electron chi connectivity index (χ2n) is 6.49. The van der Waals surface area contributed by atoms with Crippen LogP contribution in [0, 0.1) is 27.7 Å². The summed E-state index contributed by atoms with van der Waals surface area (Å²) in [5, 5.41) is 2.64. The first kappa shape index (κ1) is 16.3. The van der Waals surface area contributed by atoms with Crippen LogP contribution < -0.4 is 10.4 Å². The highest BCUT2D eigenvalue weighted by Crippen LogP contribution is 2.33. The molecule has 0 N–H and O–H groups in total. The molecule has 0 amide bonds. The molecular weight excluding hydrogens is 316 g/mol. The van der Waals surface area contributed by atoms with E-state index >= 15 is 0 Å². The van der Waals surface area contributed by atoms with Crippen LogP contribution in [0.2, 0.25) is 5.54 Å². The lowest BCUT2D eigenvalue weighted by Crippen LogP contribution is -2.57. The summed E-state index contributed by atoms with van der Waals surface area (Å²) in [6, 6.07) is 13.0. The minimum absolute atomic E-state index is 0.298. The predicted molar refractivity (Wildman–Crippen MR) is 105 cm³/mol. The fraction of sp³-hybridized carbons (Fsp3) is 0.238. The molecule has 0 aromatic heterocycles. The van der Waals surface area contributed by atoms with Gasteiger partial charge in [-0.1, -0.05) is 60.7 Å². The van der Waals surface area contributed by atoms with Crippen LogP contribution in [0.15, 0.2) is 60.7 Å². The van der Waals surface area contributed by atoms with Gasteiger partial charge in [0.15, 0.2) is 0 Å². The van der Waals surface area contributed by atoms with Crippen molar-refractivity contribution in [1.29, 1.82) is 0 Å². The Hall–Kier alpha value is -1.57. The summed E-state index contributed by atoms with van der Waals surface area (Å²) in [5.41, 5.74) is 5.74. The maximum absolute atomic E-state index is 7.53. The lowest BCUT2D eigenvalue weighted by molar-refractivity contribution is 1.22. The van der Waals surface area contributed by atoms with Gasteiger partial charge in [-0.25, -0.2) is 0 Å². The normalized spacial score (nSPS) is 16.7. The van der Waals surface area contributed by atoms with E-state index in [1.807, 2.05) is 0 Å². The molecule has 23 heavy (non-hydrogen) atoms. The number of benzene rings is 2. The predicted octanol–water partition coefficient (Wildman–Crippen LogP) is 4.71. The van der Waals surface area contributed by atoms with Crippen LogP contribution in [0.4, 0.5) is 0 Å². The summed E-state index contributed by atoms with van der Waals surface area (Å²) in [7, 11) is -2.40. The average molecular weight is 339 g/mol. The average Bonchev–Trinajstić information content (AvgIpc) is 3.11. The maximum atomic E-state index is 7.53. The minimum Gasteiger partial charge on any atom is -0.154 e. The van der Waals surface area contributed by atoms with E-state index in [4.69, 9.17) is 11.1 Å². The molecular formula is C21H23ClSi. The second kappa shape index (κ2) is 6.14. The number of allylic oxidation sites excluding steroid dienone is 4. The van der Waals surface area contributed by atoms with Crippen LogP contribution in [0.3, 0.4) is 0 Å². The maximum Gasteiger partial charge on any atom is 0.228 e. The summed E-state index contributed by atoms with van der Waals surface area (Å²) >= 11 is 7.53. The smallest absolute Gasteiger partial charge is 0.154 e. The Balaban J connectivity index is 2.30. The molecule has 118 valence electrons. The van der Waals surface area contributed by atoms with Gasteiger partial charge in [0.1, 0.15) is 0 Å². The third-order valence-corrected chi connectivity index (χ3v) is 11.1. The van der Waals surface area contributed by atoms with Crippen LogP contribution in [-0.2, 0) is 0 Å².